The van der Waals surface area contributed by atoms with Gasteiger partial charge in [0.2, 0.25) is 10.0 Å². The van der Waals surface area contributed by atoms with E-state index in [0.29, 0.717) is 31.1 Å². The molecule has 0 saturated carbocycles. The number of guanidine groups is 1. The molecule has 2 unspecified atom stereocenters. The Morgan fingerprint density at radius 2 is 1.83 bits per heavy atom. The van der Waals surface area contributed by atoms with Gasteiger partial charge in [0.25, 0.3) is 0 Å². The minimum absolute atomic E-state index is 0.422. The van der Waals surface area contributed by atoms with Gasteiger partial charge in [0.15, 0.2) is 5.96 Å². The third-order valence-electron chi connectivity index (χ3n) is 6.41. The van der Waals surface area contributed by atoms with Gasteiger partial charge in [-0.05, 0) is 44.1 Å². The third-order valence-corrected chi connectivity index (χ3v) is 7.71. The van der Waals surface area contributed by atoms with Gasteiger partial charge in [-0.2, -0.15) is 0 Å². The molecule has 0 spiro atoms. The topological polar surface area (TPSA) is 77.0 Å². The quantitative estimate of drug-likeness (QED) is 0.527. The minimum Gasteiger partial charge on any atom is -0.356 e. The molecule has 8 heteroatoms. The van der Waals surface area contributed by atoms with Crippen molar-refractivity contribution in [3.8, 4) is 0 Å². The number of hydrogen-bond acceptors (Lipinski definition) is 4. The Balaban J connectivity index is 1.40. The molecule has 2 aliphatic rings. The van der Waals surface area contributed by atoms with Crippen LogP contribution in [0.1, 0.15) is 38.2 Å². The standard InChI is InChI=1S/C22H37N5O2S/c1-18-15-21(11-12-26(18)17-20-7-5-4-6-8-20)25-22(23-2)24-16-19-9-13-27(14-10-19)30(3,28)29/h4-8,18-19,21H,9-17H2,1-3H3,(H2,23,24,25). The van der Waals surface area contributed by atoms with Gasteiger partial charge in [0.05, 0.1) is 6.26 Å². The van der Waals surface area contributed by atoms with E-state index in [9.17, 15) is 8.42 Å². The molecule has 30 heavy (non-hydrogen) atoms. The molecular formula is C22H37N5O2S. The molecule has 0 aromatic heterocycles. The first kappa shape index (κ1) is 23.0. The zero-order chi connectivity index (χ0) is 21.6. The Morgan fingerprint density at radius 1 is 1.13 bits per heavy atom. The number of aliphatic imine (C=N–C) groups is 1. The highest BCUT2D eigenvalue weighted by atomic mass is 32.2. The molecule has 1 aromatic rings. The van der Waals surface area contributed by atoms with E-state index in [0.717, 1.165) is 51.3 Å². The molecule has 0 aliphatic carbocycles. The lowest BCUT2D eigenvalue weighted by Crippen LogP contribution is -2.52. The van der Waals surface area contributed by atoms with Crippen LogP contribution in [-0.4, -0.2) is 75.1 Å². The normalized spacial score (nSPS) is 25.2. The van der Waals surface area contributed by atoms with Crippen molar-refractivity contribution in [2.75, 3.05) is 39.5 Å². The lowest BCUT2D eigenvalue weighted by molar-refractivity contribution is 0.134. The van der Waals surface area contributed by atoms with Crippen LogP contribution in [0, 0.1) is 5.92 Å². The average molecular weight is 436 g/mol. The van der Waals surface area contributed by atoms with Crippen molar-refractivity contribution in [2.45, 2.75) is 51.2 Å². The molecule has 3 rings (SSSR count). The van der Waals surface area contributed by atoms with Gasteiger partial charge in [-0.1, -0.05) is 30.3 Å². The second-order valence-electron chi connectivity index (χ2n) is 8.73. The summed E-state index contributed by atoms with van der Waals surface area (Å²) in [5.74, 6) is 1.34. The Bertz CT molecular complexity index is 791. The van der Waals surface area contributed by atoms with Crippen molar-refractivity contribution in [1.29, 1.82) is 0 Å². The summed E-state index contributed by atoms with van der Waals surface area (Å²) in [7, 11) is -1.25. The van der Waals surface area contributed by atoms with Crippen molar-refractivity contribution in [3.05, 3.63) is 35.9 Å². The molecule has 0 amide bonds. The maximum Gasteiger partial charge on any atom is 0.211 e. The predicted molar refractivity (Wildman–Crippen MR) is 123 cm³/mol. The van der Waals surface area contributed by atoms with Crippen LogP contribution in [0.2, 0.25) is 0 Å². The van der Waals surface area contributed by atoms with Crippen molar-refractivity contribution in [3.63, 3.8) is 0 Å². The Kier molecular flexibility index (Phi) is 8.13. The molecule has 0 bridgehead atoms. The molecule has 0 radical (unpaired) electrons. The van der Waals surface area contributed by atoms with Gasteiger partial charge in [-0.25, -0.2) is 12.7 Å². The van der Waals surface area contributed by atoms with Crippen LogP contribution < -0.4 is 10.6 Å². The highest BCUT2D eigenvalue weighted by Gasteiger charge is 2.27. The number of hydrogen-bond donors (Lipinski definition) is 2. The summed E-state index contributed by atoms with van der Waals surface area (Å²) >= 11 is 0. The van der Waals surface area contributed by atoms with Gasteiger partial charge < -0.3 is 10.6 Å². The molecule has 1 aromatic carbocycles. The van der Waals surface area contributed by atoms with Crippen LogP contribution in [-0.2, 0) is 16.6 Å². The summed E-state index contributed by atoms with van der Waals surface area (Å²) in [5, 5.41) is 7.06. The maximum absolute atomic E-state index is 11.7. The molecule has 168 valence electrons. The van der Waals surface area contributed by atoms with Crippen LogP contribution in [0.15, 0.2) is 35.3 Å². The fourth-order valence-corrected chi connectivity index (χ4v) is 5.35. The largest absolute Gasteiger partial charge is 0.356 e. The molecule has 2 atom stereocenters. The van der Waals surface area contributed by atoms with Crippen molar-refractivity contribution >= 4 is 16.0 Å². The van der Waals surface area contributed by atoms with Crippen LogP contribution in [0.5, 0.6) is 0 Å². The lowest BCUT2D eigenvalue weighted by Gasteiger charge is -2.38. The van der Waals surface area contributed by atoms with Gasteiger partial charge >= 0.3 is 0 Å². The highest BCUT2D eigenvalue weighted by molar-refractivity contribution is 7.88. The van der Waals surface area contributed by atoms with E-state index in [1.807, 2.05) is 7.05 Å². The summed E-state index contributed by atoms with van der Waals surface area (Å²) < 4.78 is 24.9. The Labute approximate surface area is 182 Å². The van der Waals surface area contributed by atoms with Crippen LogP contribution in [0.4, 0.5) is 0 Å². The van der Waals surface area contributed by atoms with Gasteiger partial charge in [-0.15, -0.1) is 0 Å². The van der Waals surface area contributed by atoms with Crippen LogP contribution in [0.25, 0.3) is 0 Å². The first-order valence-corrected chi connectivity index (χ1v) is 12.9. The van der Waals surface area contributed by atoms with E-state index in [1.54, 1.807) is 4.31 Å². The summed E-state index contributed by atoms with van der Waals surface area (Å²) in [6, 6.07) is 11.6. The number of nitrogens with one attached hydrogen (secondary N) is 2. The SMILES string of the molecule is CN=C(NCC1CCN(S(C)(=O)=O)CC1)NC1CCN(Cc2ccccc2)C(C)C1. The molecule has 2 aliphatic heterocycles. The van der Waals surface area contributed by atoms with Gasteiger partial charge in [0, 0.05) is 51.9 Å². The number of rotatable bonds is 6. The molecular weight excluding hydrogens is 398 g/mol. The highest BCUT2D eigenvalue weighted by Crippen LogP contribution is 2.20. The maximum atomic E-state index is 11.7. The van der Waals surface area contributed by atoms with Crippen molar-refractivity contribution < 1.29 is 8.42 Å². The van der Waals surface area contributed by atoms with E-state index in [4.69, 9.17) is 0 Å². The number of likely N-dealkylation sites (tertiary alicyclic amines) is 1. The van der Waals surface area contributed by atoms with Gasteiger partial charge in [0.1, 0.15) is 0 Å². The van der Waals surface area contributed by atoms with Crippen molar-refractivity contribution in [2.24, 2.45) is 10.9 Å². The van der Waals surface area contributed by atoms with E-state index in [-0.39, 0.29) is 0 Å². The average Bonchev–Trinajstić information content (AvgIpc) is 2.73. The van der Waals surface area contributed by atoms with Crippen molar-refractivity contribution in [1.82, 2.24) is 19.8 Å². The number of benzene rings is 1. The Morgan fingerprint density at radius 3 is 2.43 bits per heavy atom. The van der Waals surface area contributed by atoms with Crippen LogP contribution in [0.3, 0.4) is 0 Å². The molecule has 2 heterocycles. The smallest absolute Gasteiger partial charge is 0.211 e. The number of piperidine rings is 2. The lowest BCUT2D eigenvalue weighted by atomic mass is 9.97. The number of nitrogens with zero attached hydrogens (tertiary/aromatic N) is 3. The summed E-state index contributed by atoms with van der Waals surface area (Å²) in [4.78, 5) is 6.96. The van der Waals surface area contributed by atoms with E-state index < -0.39 is 10.0 Å². The van der Waals surface area contributed by atoms with E-state index >= 15 is 0 Å². The molecule has 2 saturated heterocycles. The number of sulfonamides is 1. The molecule has 2 fully saturated rings. The summed E-state index contributed by atoms with van der Waals surface area (Å²) in [6.45, 7) is 6.47. The Hall–Kier alpha value is -1.64. The zero-order valence-electron chi connectivity index (χ0n) is 18.5. The second-order valence-corrected chi connectivity index (χ2v) is 10.7. The fourth-order valence-electron chi connectivity index (χ4n) is 4.48. The summed E-state index contributed by atoms with van der Waals surface area (Å²) in [5.41, 5.74) is 1.37. The van der Waals surface area contributed by atoms with E-state index in [1.165, 1.54) is 11.8 Å². The second kappa shape index (κ2) is 10.6. The summed E-state index contributed by atoms with van der Waals surface area (Å²) in [6.07, 6.45) is 5.28. The predicted octanol–water partition coefficient (Wildman–Crippen LogP) is 1.88. The first-order chi connectivity index (χ1) is 14.3. The first-order valence-electron chi connectivity index (χ1n) is 11.1. The third kappa shape index (κ3) is 6.68. The van der Waals surface area contributed by atoms with Crippen LogP contribution >= 0.6 is 0 Å². The van der Waals surface area contributed by atoms with Gasteiger partial charge in [-0.3, -0.25) is 9.89 Å². The minimum atomic E-state index is -3.06. The van der Waals surface area contributed by atoms with E-state index in [2.05, 4.69) is 57.8 Å². The molecule has 7 nitrogen and oxygen atoms in total. The molecule has 2 N–H and O–H groups in total. The monoisotopic (exact) mass is 435 g/mol. The zero-order valence-corrected chi connectivity index (χ0v) is 19.4. The fraction of sp³-hybridized carbons (Fsp3) is 0.682.